The highest BCUT2D eigenvalue weighted by Gasteiger charge is 2.25. The Morgan fingerprint density at radius 2 is 1.91 bits per heavy atom. The van der Waals surface area contributed by atoms with Crippen molar-refractivity contribution < 1.29 is 9.53 Å². The fraction of sp³-hybridized carbons (Fsp3) is 0.231. The molecule has 0 saturated carbocycles. The normalized spacial score (nSPS) is 16.6. The average Bonchev–Trinajstić information content (AvgIpc) is 3.17. The molecule has 1 amide bonds. The van der Waals surface area contributed by atoms with E-state index >= 15 is 0 Å². The number of anilines is 2. The van der Waals surface area contributed by atoms with Gasteiger partial charge in [0.1, 0.15) is 5.65 Å². The summed E-state index contributed by atoms with van der Waals surface area (Å²) >= 11 is 0. The van der Waals surface area contributed by atoms with E-state index in [1.165, 1.54) is 5.56 Å². The molecule has 6 nitrogen and oxygen atoms in total. The predicted molar refractivity (Wildman–Crippen MR) is 125 cm³/mol. The molecule has 32 heavy (non-hydrogen) atoms. The van der Waals surface area contributed by atoms with Gasteiger partial charge in [-0.3, -0.25) is 4.79 Å². The summed E-state index contributed by atoms with van der Waals surface area (Å²) in [6.07, 6.45) is 6.71. The lowest BCUT2D eigenvalue weighted by Gasteiger charge is -2.25. The third kappa shape index (κ3) is 4.50. The molecule has 1 aliphatic heterocycles. The molecule has 0 unspecified atom stereocenters. The minimum absolute atomic E-state index is 0.0320. The lowest BCUT2D eigenvalue weighted by molar-refractivity contribution is 0.0738. The molecule has 1 saturated heterocycles. The van der Waals surface area contributed by atoms with Crippen LogP contribution in [0.1, 0.15) is 15.9 Å². The number of hydrogen-bond donors (Lipinski definition) is 1. The molecule has 1 atom stereocenters. The molecule has 6 heteroatoms. The fourth-order valence-electron chi connectivity index (χ4n) is 4.23. The number of imidazole rings is 1. The van der Waals surface area contributed by atoms with E-state index in [4.69, 9.17) is 4.74 Å². The zero-order valence-electron chi connectivity index (χ0n) is 17.9. The summed E-state index contributed by atoms with van der Waals surface area (Å²) < 4.78 is 7.89. The second kappa shape index (κ2) is 9.24. The van der Waals surface area contributed by atoms with Gasteiger partial charge in [0.15, 0.2) is 0 Å². The monoisotopic (exact) mass is 426 g/mol. The summed E-state index contributed by atoms with van der Waals surface area (Å²) in [6.45, 7) is 2.46. The van der Waals surface area contributed by atoms with Gasteiger partial charge in [0.2, 0.25) is 0 Å². The Morgan fingerprint density at radius 1 is 1.06 bits per heavy atom. The highest BCUT2D eigenvalue weighted by Crippen LogP contribution is 2.24. The quantitative estimate of drug-likeness (QED) is 0.514. The molecule has 3 heterocycles. The Balaban J connectivity index is 1.33. The topological polar surface area (TPSA) is 58.9 Å². The lowest BCUT2D eigenvalue weighted by atomic mass is 10.0. The molecule has 2 aromatic heterocycles. The third-order valence-electron chi connectivity index (χ3n) is 5.81. The van der Waals surface area contributed by atoms with Crippen molar-refractivity contribution in [3.8, 4) is 0 Å². The van der Waals surface area contributed by atoms with Crippen LogP contribution in [0.4, 0.5) is 11.4 Å². The van der Waals surface area contributed by atoms with E-state index in [-0.39, 0.29) is 11.8 Å². The smallest absolute Gasteiger partial charge is 0.256 e. The third-order valence-corrected chi connectivity index (χ3v) is 5.81. The van der Waals surface area contributed by atoms with Crippen molar-refractivity contribution in [3.05, 3.63) is 96.4 Å². The van der Waals surface area contributed by atoms with Crippen LogP contribution in [0.3, 0.4) is 0 Å². The van der Waals surface area contributed by atoms with Gasteiger partial charge in [-0.25, -0.2) is 4.98 Å². The molecule has 1 aliphatic rings. The summed E-state index contributed by atoms with van der Waals surface area (Å²) in [5, 5.41) is 3.39. The SMILES string of the molecule is O=C(c1ccccc1Nc1ccccc1)N1CCOC[C@@H](Cc2ccc3nccn3c2)C1. The van der Waals surface area contributed by atoms with Gasteiger partial charge < -0.3 is 19.4 Å². The molecular weight excluding hydrogens is 400 g/mol. The largest absolute Gasteiger partial charge is 0.379 e. The van der Waals surface area contributed by atoms with Gasteiger partial charge in [-0.15, -0.1) is 0 Å². The van der Waals surface area contributed by atoms with E-state index < -0.39 is 0 Å². The molecule has 0 spiro atoms. The number of aromatic nitrogens is 2. The van der Waals surface area contributed by atoms with Crippen molar-refractivity contribution >= 4 is 22.9 Å². The Labute approximate surface area is 187 Å². The van der Waals surface area contributed by atoms with Gasteiger partial charge in [0.25, 0.3) is 5.91 Å². The van der Waals surface area contributed by atoms with E-state index in [2.05, 4.69) is 22.6 Å². The van der Waals surface area contributed by atoms with Crippen molar-refractivity contribution in [3.63, 3.8) is 0 Å². The fourth-order valence-corrected chi connectivity index (χ4v) is 4.23. The number of rotatable bonds is 5. The number of nitrogens with one attached hydrogen (secondary N) is 1. The minimum atomic E-state index is 0.0320. The Kier molecular flexibility index (Phi) is 5.85. The van der Waals surface area contributed by atoms with Crippen molar-refractivity contribution in [2.75, 3.05) is 31.6 Å². The van der Waals surface area contributed by atoms with Crippen LogP contribution < -0.4 is 5.32 Å². The van der Waals surface area contributed by atoms with Crippen LogP contribution >= 0.6 is 0 Å². The van der Waals surface area contributed by atoms with Crippen LogP contribution in [-0.4, -0.2) is 46.5 Å². The molecule has 5 rings (SSSR count). The van der Waals surface area contributed by atoms with E-state index in [0.29, 0.717) is 31.9 Å². The maximum absolute atomic E-state index is 13.5. The van der Waals surface area contributed by atoms with Crippen LogP contribution in [0.25, 0.3) is 5.65 Å². The molecule has 1 fully saturated rings. The van der Waals surface area contributed by atoms with Crippen LogP contribution in [0.15, 0.2) is 85.3 Å². The maximum atomic E-state index is 13.5. The van der Waals surface area contributed by atoms with Gasteiger partial charge in [-0.1, -0.05) is 36.4 Å². The highest BCUT2D eigenvalue weighted by atomic mass is 16.5. The second-order valence-corrected chi connectivity index (χ2v) is 8.16. The number of benzene rings is 2. The maximum Gasteiger partial charge on any atom is 0.256 e. The lowest BCUT2D eigenvalue weighted by Crippen LogP contribution is -2.36. The summed E-state index contributed by atoms with van der Waals surface area (Å²) in [6, 6.07) is 21.8. The molecule has 0 aliphatic carbocycles. The predicted octanol–water partition coefficient (Wildman–Crippen LogP) is 4.41. The van der Waals surface area contributed by atoms with Crippen molar-refractivity contribution in [1.82, 2.24) is 14.3 Å². The van der Waals surface area contributed by atoms with E-state index in [1.807, 2.05) is 76.2 Å². The van der Waals surface area contributed by atoms with Crippen LogP contribution in [0, 0.1) is 5.92 Å². The van der Waals surface area contributed by atoms with Crippen LogP contribution in [-0.2, 0) is 11.2 Å². The number of carbonyl (C=O) groups excluding carboxylic acids is 1. The summed E-state index contributed by atoms with van der Waals surface area (Å²) in [5.41, 5.74) is 4.60. The Morgan fingerprint density at radius 3 is 2.81 bits per heavy atom. The summed E-state index contributed by atoms with van der Waals surface area (Å²) in [7, 11) is 0. The standard InChI is InChI=1S/C26H26N4O2/c31-26(23-8-4-5-9-24(23)28-22-6-2-1-3-7-22)30-14-15-32-19-21(18-30)16-20-10-11-25-27-12-13-29(25)17-20/h1-13,17,21,28H,14-16,18-19H2/t21-/m0/s1. The first-order chi connectivity index (χ1) is 15.8. The number of nitrogens with zero attached hydrogens (tertiary/aromatic N) is 3. The number of para-hydroxylation sites is 2. The molecule has 162 valence electrons. The second-order valence-electron chi connectivity index (χ2n) is 8.16. The van der Waals surface area contributed by atoms with Gasteiger partial charge in [0, 0.05) is 43.3 Å². The van der Waals surface area contributed by atoms with Gasteiger partial charge >= 0.3 is 0 Å². The Bertz CT molecular complexity index is 1200. The number of hydrogen-bond acceptors (Lipinski definition) is 4. The number of ether oxygens (including phenoxy) is 1. The zero-order chi connectivity index (χ0) is 21.8. The molecule has 4 aromatic rings. The van der Waals surface area contributed by atoms with Crippen molar-refractivity contribution in [1.29, 1.82) is 0 Å². The van der Waals surface area contributed by atoms with E-state index in [0.717, 1.165) is 23.4 Å². The molecule has 0 radical (unpaired) electrons. The zero-order valence-corrected chi connectivity index (χ0v) is 17.9. The molecule has 0 bridgehead atoms. The molecular formula is C26H26N4O2. The number of fused-ring (bicyclic) bond motifs is 1. The number of amides is 1. The van der Waals surface area contributed by atoms with Gasteiger partial charge in [0.05, 0.1) is 24.5 Å². The Hall–Kier alpha value is -3.64. The average molecular weight is 427 g/mol. The number of carbonyl (C=O) groups is 1. The van der Waals surface area contributed by atoms with Crippen LogP contribution in [0.2, 0.25) is 0 Å². The first kappa shape index (κ1) is 20.3. The summed E-state index contributed by atoms with van der Waals surface area (Å²) in [4.78, 5) is 19.8. The highest BCUT2D eigenvalue weighted by molar-refractivity contribution is 6.00. The van der Waals surface area contributed by atoms with Crippen LogP contribution in [0.5, 0.6) is 0 Å². The molecule has 1 N–H and O–H groups in total. The number of pyridine rings is 1. The van der Waals surface area contributed by atoms with E-state index in [9.17, 15) is 4.79 Å². The summed E-state index contributed by atoms with van der Waals surface area (Å²) in [5.74, 6) is 0.265. The van der Waals surface area contributed by atoms with Crippen molar-refractivity contribution in [2.24, 2.45) is 5.92 Å². The first-order valence-corrected chi connectivity index (χ1v) is 11.0. The van der Waals surface area contributed by atoms with Gasteiger partial charge in [-0.05, 0) is 42.3 Å². The molecule has 2 aromatic carbocycles. The van der Waals surface area contributed by atoms with Gasteiger partial charge in [-0.2, -0.15) is 0 Å². The minimum Gasteiger partial charge on any atom is -0.379 e. The van der Waals surface area contributed by atoms with E-state index in [1.54, 1.807) is 6.20 Å². The first-order valence-electron chi connectivity index (χ1n) is 11.0. The van der Waals surface area contributed by atoms with Crippen molar-refractivity contribution in [2.45, 2.75) is 6.42 Å².